The van der Waals surface area contributed by atoms with Gasteiger partial charge in [0, 0.05) is 23.1 Å². The Labute approximate surface area is 172 Å². The Hall–Kier alpha value is -3.38. The number of carbonyl (C=O) groups excluding carboxylic acids is 1. The lowest BCUT2D eigenvalue weighted by Crippen LogP contribution is -2.28. The van der Waals surface area contributed by atoms with Crippen LogP contribution in [0.25, 0.3) is 10.6 Å². The lowest BCUT2D eigenvalue weighted by Gasteiger charge is -2.13. The second kappa shape index (κ2) is 7.22. The number of carbonyl (C=O) groups is 1. The van der Waals surface area contributed by atoms with Crippen LogP contribution in [-0.2, 0) is 10.2 Å². The maximum Gasteiger partial charge on any atom is 0.236 e. The highest BCUT2D eigenvalue weighted by molar-refractivity contribution is 7.13. The third kappa shape index (κ3) is 3.54. The predicted octanol–water partition coefficient (Wildman–Crippen LogP) is 5.82. The molecule has 5 rings (SSSR count). The van der Waals surface area contributed by atoms with E-state index in [-0.39, 0.29) is 5.91 Å². The Kier molecular flexibility index (Phi) is 4.41. The predicted molar refractivity (Wildman–Crippen MR) is 116 cm³/mol. The molecule has 0 aliphatic heterocycles. The van der Waals surface area contributed by atoms with E-state index in [9.17, 15) is 4.79 Å². The van der Waals surface area contributed by atoms with Gasteiger partial charge < -0.3 is 15.2 Å². The molecule has 1 amide bonds. The van der Waals surface area contributed by atoms with Crippen LogP contribution in [0.15, 0.2) is 82.7 Å². The van der Waals surface area contributed by atoms with Gasteiger partial charge in [0.1, 0.15) is 0 Å². The largest absolute Gasteiger partial charge is 0.356 e. The molecule has 4 aromatic rings. The molecule has 2 aromatic heterocycles. The van der Waals surface area contributed by atoms with Gasteiger partial charge in [0.2, 0.25) is 5.91 Å². The van der Waals surface area contributed by atoms with Crippen LogP contribution in [-0.4, -0.2) is 11.1 Å². The summed E-state index contributed by atoms with van der Waals surface area (Å²) in [5, 5.41) is 12.6. The molecule has 0 bridgehead atoms. The molecule has 0 atom stereocenters. The molecule has 6 heteroatoms. The molecule has 0 radical (unpaired) electrons. The number of hydrogen-bond acceptors (Lipinski definition) is 5. The Morgan fingerprint density at radius 3 is 2.34 bits per heavy atom. The van der Waals surface area contributed by atoms with E-state index in [0.29, 0.717) is 11.5 Å². The third-order valence-electron chi connectivity index (χ3n) is 5.15. The molecule has 144 valence electrons. The van der Waals surface area contributed by atoms with Crippen molar-refractivity contribution in [3.05, 3.63) is 83.9 Å². The van der Waals surface area contributed by atoms with Gasteiger partial charge in [-0.3, -0.25) is 4.79 Å². The molecule has 1 saturated carbocycles. The Morgan fingerprint density at radius 1 is 0.931 bits per heavy atom. The summed E-state index contributed by atoms with van der Waals surface area (Å²) in [5.74, 6) is 0.678. The molecule has 2 N–H and O–H groups in total. The Morgan fingerprint density at radius 2 is 1.66 bits per heavy atom. The van der Waals surface area contributed by atoms with Crippen LogP contribution < -0.4 is 10.6 Å². The number of aromatic nitrogens is 1. The standard InChI is InChI=1S/C23H19N3O2S/c27-22(23(12-13-23)21-15-19(28-26-21)20-7-4-14-29-20)25-18-10-8-17(9-11-18)24-16-5-2-1-3-6-16/h1-11,14-15,24H,12-13H2,(H,25,27). The number of amides is 1. The van der Waals surface area contributed by atoms with E-state index < -0.39 is 5.41 Å². The van der Waals surface area contributed by atoms with Gasteiger partial charge >= 0.3 is 0 Å². The summed E-state index contributed by atoms with van der Waals surface area (Å²) in [6.07, 6.45) is 1.56. The maximum atomic E-state index is 13.0. The molecule has 0 saturated heterocycles. The molecule has 2 heterocycles. The van der Waals surface area contributed by atoms with Crippen molar-refractivity contribution in [1.29, 1.82) is 0 Å². The minimum Gasteiger partial charge on any atom is -0.356 e. The van der Waals surface area contributed by atoms with Gasteiger partial charge in [0.15, 0.2) is 5.76 Å². The van der Waals surface area contributed by atoms with Gasteiger partial charge in [0.25, 0.3) is 0 Å². The molecule has 5 nitrogen and oxygen atoms in total. The van der Waals surface area contributed by atoms with E-state index in [0.717, 1.165) is 34.8 Å². The highest BCUT2D eigenvalue weighted by Gasteiger charge is 2.53. The van der Waals surface area contributed by atoms with Crippen molar-refractivity contribution < 1.29 is 9.32 Å². The zero-order valence-corrected chi connectivity index (χ0v) is 16.4. The van der Waals surface area contributed by atoms with Crippen LogP contribution in [0, 0.1) is 0 Å². The number of rotatable bonds is 6. The normalized spacial score (nSPS) is 14.3. The lowest BCUT2D eigenvalue weighted by atomic mass is 10.0. The Bertz CT molecular complexity index is 1110. The van der Waals surface area contributed by atoms with Crippen LogP contribution >= 0.6 is 11.3 Å². The number of benzene rings is 2. The average molecular weight is 401 g/mol. The van der Waals surface area contributed by atoms with Crippen molar-refractivity contribution in [1.82, 2.24) is 5.16 Å². The van der Waals surface area contributed by atoms with E-state index in [1.807, 2.05) is 78.2 Å². The van der Waals surface area contributed by atoms with E-state index in [2.05, 4.69) is 15.8 Å². The van der Waals surface area contributed by atoms with Crippen LogP contribution in [0.3, 0.4) is 0 Å². The van der Waals surface area contributed by atoms with Gasteiger partial charge in [-0.15, -0.1) is 11.3 Å². The van der Waals surface area contributed by atoms with Crippen LogP contribution in [0.2, 0.25) is 0 Å². The molecule has 2 aromatic carbocycles. The molecule has 0 unspecified atom stereocenters. The molecule has 0 spiro atoms. The first-order chi connectivity index (χ1) is 14.2. The van der Waals surface area contributed by atoms with E-state index in [1.165, 1.54) is 0 Å². The fourth-order valence-electron chi connectivity index (χ4n) is 3.34. The molecule has 1 aliphatic carbocycles. The summed E-state index contributed by atoms with van der Waals surface area (Å²) in [5.41, 5.74) is 2.88. The SMILES string of the molecule is O=C(Nc1ccc(Nc2ccccc2)cc1)C1(c2cc(-c3cccs3)on2)CC1. The minimum absolute atomic E-state index is 0.0349. The average Bonchev–Trinajstić information content (AvgIpc) is 3.15. The first-order valence-electron chi connectivity index (χ1n) is 9.48. The van der Waals surface area contributed by atoms with Crippen molar-refractivity contribution in [3.63, 3.8) is 0 Å². The van der Waals surface area contributed by atoms with Crippen LogP contribution in [0.4, 0.5) is 17.1 Å². The maximum absolute atomic E-state index is 13.0. The molecule has 1 aliphatic rings. The Balaban J connectivity index is 1.28. The zero-order chi connectivity index (χ0) is 19.7. The summed E-state index contributed by atoms with van der Waals surface area (Å²) in [6, 6.07) is 23.5. The highest BCUT2D eigenvalue weighted by Crippen LogP contribution is 2.49. The van der Waals surface area contributed by atoms with Crippen LogP contribution in [0.5, 0.6) is 0 Å². The second-order valence-corrected chi connectivity index (χ2v) is 8.11. The highest BCUT2D eigenvalue weighted by atomic mass is 32.1. The summed E-state index contributed by atoms with van der Waals surface area (Å²) >= 11 is 1.59. The monoisotopic (exact) mass is 401 g/mol. The van der Waals surface area contributed by atoms with Crippen molar-refractivity contribution in [2.75, 3.05) is 10.6 Å². The first kappa shape index (κ1) is 17.7. The van der Waals surface area contributed by atoms with E-state index >= 15 is 0 Å². The van der Waals surface area contributed by atoms with Gasteiger partial charge in [-0.1, -0.05) is 29.4 Å². The molecule has 29 heavy (non-hydrogen) atoms. The topological polar surface area (TPSA) is 67.2 Å². The summed E-state index contributed by atoms with van der Waals surface area (Å²) < 4.78 is 5.48. The fraction of sp³-hybridized carbons (Fsp3) is 0.130. The van der Waals surface area contributed by atoms with E-state index in [4.69, 9.17) is 4.52 Å². The number of hydrogen-bond donors (Lipinski definition) is 2. The lowest BCUT2D eigenvalue weighted by molar-refractivity contribution is -0.118. The third-order valence-corrected chi connectivity index (χ3v) is 6.04. The number of nitrogens with one attached hydrogen (secondary N) is 2. The smallest absolute Gasteiger partial charge is 0.236 e. The van der Waals surface area contributed by atoms with Crippen molar-refractivity contribution in [3.8, 4) is 10.6 Å². The van der Waals surface area contributed by atoms with Gasteiger partial charge in [-0.2, -0.15) is 0 Å². The second-order valence-electron chi connectivity index (χ2n) is 7.16. The van der Waals surface area contributed by atoms with Gasteiger partial charge in [0.05, 0.1) is 16.0 Å². The van der Waals surface area contributed by atoms with E-state index in [1.54, 1.807) is 11.3 Å². The van der Waals surface area contributed by atoms with Gasteiger partial charge in [-0.05, 0) is 60.7 Å². The van der Waals surface area contributed by atoms with Crippen LogP contribution in [0.1, 0.15) is 18.5 Å². The van der Waals surface area contributed by atoms with Gasteiger partial charge in [-0.25, -0.2) is 0 Å². The van der Waals surface area contributed by atoms with Crippen molar-refractivity contribution in [2.45, 2.75) is 18.3 Å². The summed E-state index contributed by atoms with van der Waals surface area (Å²) in [7, 11) is 0. The number of anilines is 3. The molecular formula is C23H19N3O2S. The number of para-hydroxylation sites is 1. The fourth-order valence-corrected chi connectivity index (χ4v) is 4.01. The van der Waals surface area contributed by atoms with Crippen molar-refractivity contribution in [2.24, 2.45) is 0 Å². The zero-order valence-electron chi connectivity index (χ0n) is 15.6. The molecule has 1 fully saturated rings. The minimum atomic E-state index is -0.583. The first-order valence-corrected chi connectivity index (χ1v) is 10.4. The summed E-state index contributed by atoms with van der Waals surface area (Å²) in [4.78, 5) is 14.0. The number of thiophene rings is 1. The molecular weight excluding hydrogens is 382 g/mol. The number of nitrogens with zero attached hydrogens (tertiary/aromatic N) is 1. The van der Waals surface area contributed by atoms with Crippen molar-refractivity contribution >= 4 is 34.3 Å². The quantitative estimate of drug-likeness (QED) is 0.427. The summed E-state index contributed by atoms with van der Waals surface area (Å²) in [6.45, 7) is 0.